The molecule has 1 aliphatic carbocycles. The molecule has 192 valence electrons. The molecule has 0 bridgehead atoms. The molecule has 1 aliphatic rings. The highest BCUT2D eigenvalue weighted by molar-refractivity contribution is 7.94. The summed E-state index contributed by atoms with van der Waals surface area (Å²) in [6, 6.07) is 7.80. The van der Waals surface area contributed by atoms with E-state index in [9.17, 15) is 26.7 Å². The van der Waals surface area contributed by atoms with E-state index in [-0.39, 0.29) is 41.1 Å². The van der Waals surface area contributed by atoms with Gasteiger partial charge in [0.15, 0.2) is 15.7 Å². The summed E-state index contributed by atoms with van der Waals surface area (Å²) in [7, 11) is -7.97. The van der Waals surface area contributed by atoms with Crippen molar-refractivity contribution in [2.75, 3.05) is 22.9 Å². The maximum atomic E-state index is 11.8. The van der Waals surface area contributed by atoms with E-state index < -0.39 is 24.9 Å². The lowest BCUT2D eigenvalue weighted by atomic mass is 9.95. The lowest BCUT2D eigenvalue weighted by molar-refractivity contribution is 0.462. The van der Waals surface area contributed by atoms with Crippen molar-refractivity contribution < 1.29 is 21.4 Å². The Morgan fingerprint density at radius 2 is 1.86 bits per heavy atom. The van der Waals surface area contributed by atoms with Crippen LogP contribution in [0.25, 0.3) is 0 Å². The van der Waals surface area contributed by atoms with Gasteiger partial charge in [-0.05, 0) is 31.9 Å². The van der Waals surface area contributed by atoms with E-state index in [1.165, 1.54) is 18.2 Å². The van der Waals surface area contributed by atoms with Crippen molar-refractivity contribution in [1.29, 1.82) is 5.26 Å². The van der Waals surface area contributed by atoms with Crippen LogP contribution in [-0.2, 0) is 20.0 Å². The van der Waals surface area contributed by atoms with Crippen LogP contribution in [0.2, 0.25) is 0 Å². The summed E-state index contributed by atoms with van der Waals surface area (Å²) < 4.78 is 56.5. The van der Waals surface area contributed by atoms with Gasteiger partial charge in [0.05, 0.1) is 11.3 Å². The van der Waals surface area contributed by atoms with Crippen LogP contribution in [0.1, 0.15) is 43.2 Å². The van der Waals surface area contributed by atoms with Gasteiger partial charge in [-0.25, -0.2) is 13.4 Å². The Kier molecular flexibility index (Phi) is 8.78. The van der Waals surface area contributed by atoms with Crippen LogP contribution < -0.4 is 10.6 Å². The number of nitrogens with zero attached hydrogens (tertiary/aromatic N) is 4. The van der Waals surface area contributed by atoms with E-state index in [1.54, 1.807) is 13.0 Å². The van der Waals surface area contributed by atoms with Crippen molar-refractivity contribution in [3.63, 3.8) is 0 Å². The van der Waals surface area contributed by atoms with E-state index >= 15 is 0 Å². The minimum Gasteiger partial charge on any atom is -0.368 e. The molecule has 36 heavy (non-hydrogen) atoms. The van der Waals surface area contributed by atoms with Gasteiger partial charge in [0.25, 0.3) is 10.1 Å². The van der Waals surface area contributed by atoms with Crippen LogP contribution in [0.3, 0.4) is 0 Å². The Balaban J connectivity index is 2.05. The summed E-state index contributed by atoms with van der Waals surface area (Å²) in [6.07, 6.45) is 5.08. The predicted molar refractivity (Wildman–Crippen MR) is 137 cm³/mol. The SMILES string of the molecule is C=CS(=O)(=O)CCNc1nc(NC2CCCCC2)c(/N=N/c2ccccc2S(=O)(=O)O)c(C)c1C#N. The third kappa shape index (κ3) is 6.87. The van der Waals surface area contributed by atoms with E-state index in [4.69, 9.17) is 0 Å². The summed E-state index contributed by atoms with van der Waals surface area (Å²) in [5, 5.41) is 25.3. The Morgan fingerprint density at radius 3 is 2.50 bits per heavy atom. The lowest BCUT2D eigenvalue weighted by Gasteiger charge is -2.25. The monoisotopic (exact) mass is 532 g/mol. The van der Waals surface area contributed by atoms with Crippen LogP contribution in [0, 0.1) is 18.3 Å². The van der Waals surface area contributed by atoms with Crippen LogP contribution in [0.15, 0.2) is 51.4 Å². The van der Waals surface area contributed by atoms with Crippen LogP contribution in [0.4, 0.5) is 23.0 Å². The third-order valence-electron chi connectivity index (χ3n) is 5.81. The number of pyridine rings is 1. The molecule has 0 aliphatic heterocycles. The normalized spacial score (nSPS) is 14.9. The fourth-order valence-electron chi connectivity index (χ4n) is 3.88. The Morgan fingerprint density at radius 1 is 1.17 bits per heavy atom. The number of rotatable bonds is 10. The smallest absolute Gasteiger partial charge is 0.296 e. The van der Waals surface area contributed by atoms with Crippen molar-refractivity contribution >= 4 is 43.0 Å². The van der Waals surface area contributed by atoms with Crippen molar-refractivity contribution in [3.8, 4) is 6.07 Å². The molecular weight excluding hydrogens is 504 g/mol. The molecule has 0 saturated heterocycles. The first-order valence-corrected chi connectivity index (χ1v) is 14.5. The average molecular weight is 533 g/mol. The maximum Gasteiger partial charge on any atom is 0.296 e. The van der Waals surface area contributed by atoms with Crippen molar-refractivity contribution in [2.24, 2.45) is 10.2 Å². The molecule has 0 unspecified atom stereocenters. The Labute approximate surface area is 211 Å². The average Bonchev–Trinajstić information content (AvgIpc) is 2.84. The van der Waals surface area contributed by atoms with E-state index in [0.717, 1.165) is 37.5 Å². The number of hydrogen-bond donors (Lipinski definition) is 3. The molecule has 2 aromatic rings. The lowest BCUT2D eigenvalue weighted by Crippen LogP contribution is -2.23. The first kappa shape index (κ1) is 27.3. The molecule has 1 heterocycles. The van der Waals surface area contributed by atoms with E-state index in [0.29, 0.717) is 11.4 Å². The quantitative estimate of drug-likeness (QED) is 0.291. The minimum absolute atomic E-state index is 0.0148. The number of azo groups is 1. The van der Waals surface area contributed by atoms with E-state index in [2.05, 4.69) is 38.5 Å². The molecule has 3 N–H and O–H groups in total. The molecule has 1 saturated carbocycles. The molecule has 0 spiro atoms. The second-order valence-electron chi connectivity index (χ2n) is 8.35. The van der Waals surface area contributed by atoms with Gasteiger partial charge >= 0.3 is 0 Å². The molecule has 0 atom stereocenters. The largest absolute Gasteiger partial charge is 0.368 e. The molecule has 1 aromatic heterocycles. The fraction of sp³-hybridized carbons (Fsp3) is 0.391. The van der Waals surface area contributed by atoms with Gasteiger partial charge in [0, 0.05) is 23.6 Å². The molecule has 3 rings (SSSR count). The van der Waals surface area contributed by atoms with Gasteiger partial charge in [0.2, 0.25) is 0 Å². The van der Waals surface area contributed by atoms with Crippen LogP contribution in [-0.4, -0.2) is 44.7 Å². The van der Waals surface area contributed by atoms with Crippen LogP contribution >= 0.6 is 0 Å². The number of benzene rings is 1. The van der Waals surface area contributed by atoms with Crippen molar-refractivity contribution in [3.05, 3.63) is 47.4 Å². The van der Waals surface area contributed by atoms with Crippen molar-refractivity contribution in [1.82, 2.24) is 4.98 Å². The zero-order valence-corrected chi connectivity index (χ0v) is 21.4. The highest BCUT2D eigenvalue weighted by atomic mass is 32.2. The van der Waals surface area contributed by atoms with Gasteiger partial charge in [0.1, 0.15) is 28.2 Å². The standard InChI is InChI=1S/C23H28N6O5S2/c1-3-35(30,31)14-13-25-22-18(15-24)16(2)21(23(27-22)26-17-9-5-4-6-10-17)29-28-19-11-7-8-12-20(19)36(32,33)34/h3,7-8,11-12,17H,1,4-6,9-10,13-14H2,2H3,(H2,25,26,27)(H,32,33,34)/b29-28+. The second kappa shape index (κ2) is 11.6. The van der Waals surface area contributed by atoms with Gasteiger partial charge in [-0.3, -0.25) is 4.55 Å². The second-order valence-corrected chi connectivity index (χ2v) is 11.8. The highest BCUT2D eigenvalue weighted by Crippen LogP contribution is 2.37. The number of hydrogen-bond acceptors (Lipinski definition) is 10. The number of nitrogens with one attached hydrogen (secondary N) is 2. The number of nitriles is 1. The fourth-order valence-corrected chi connectivity index (χ4v) is 5.06. The molecule has 0 radical (unpaired) electrons. The molecule has 13 heteroatoms. The summed E-state index contributed by atoms with van der Waals surface area (Å²) in [5.74, 6) is 0.312. The molecule has 1 fully saturated rings. The number of sulfone groups is 1. The Hall–Kier alpha value is -3.34. The first-order chi connectivity index (χ1) is 17.1. The number of aromatic nitrogens is 1. The zero-order valence-electron chi connectivity index (χ0n) is 19.8. The van der Waals surface area contributed by atoms with Gasteiger partial charge < -0.3 is 10.6 Å². The molecule has 11 nitrogen and oxygen atoms in total. The van der Waals surface area contributed by atoms with Crippen LogP contribution in [0.5, 0.6) is 0 Å². The third-order valence-corrected chi connectivity index (χ3v) is 7.99. The summed E-state index contributed by atoms with van der Waals surface area (Å²) in [4.78, 5) is 4.14. The van der Waals surface area contributed by atoms with Crippen molar-refractivity contribution in [2.45, 2.75) is 50.0 Å². The maximum absolute atomic E-state index is 11.8. The van der Waals surface area contributed by atoms with Gasteiger partial charge in [-0.15, -0.1) is 10.2 Å². The number of anilines is 2. The van der Waals surface area contributed by atoms with Gasteiger partial charge in [-0.2, -0.15) is 13.7 Å². The highest BCUT2D eigenvalue weighted by Gasteiger charge is 2.22. The summed E-state index contributed by atoms with van der Waals surface area (Å²) in [5.41, 5.74) is 0.745. The summed E-state index contributed by atoms with van der Waals surface area (Å²) >= 11 is 0. The zero-order chi connectivity index (χ0) is 26.3. The molecule has 0 amide bonds. The summed E-state index contributed by atoms with van der Waals surface area (Å²) in [6.45, 7) is 4.96. The Bertz CT molecular complexity index is 1410. The predicted octanol–water partition coefficient (Wildman–Crippen LogP) is 4.64. The molecule has 1 aromatic carbocycles. The van der Waals surface area contributed by atoms with Gasteiger partial charge in [-0.1, -0.05) is 38.0 Å². The van der Waals surface area contributed by atoms with E-state index in [1.807, 2.05) is 0 Å². The topological polar surface area (TPSA) is 174 Å². The minimum atomic E-state index is -4.53. The first-order valence-electron chi connectivity index (χ1n) is 11.3. The molecular formula is C23H28N6O5S2.